The van der Waals surface area contributed by atoms with Crippen LogP contribution in [-0.2, 0) is 24.1 Å². The largest absolute Gasteiger partial charge is 0.478 e. The molecular weight excluding hydrogens is 326 g/mol. The Balaban J connectivity index is 2.04. The highest BCUT2D eigenvalue weighted by Gasteiger charge is 2.14. The zero-order valence-corrected chi connectivity index (χ0v) is 14.4. The summed E-state index contributed by atoms with van der Waals surface area (Å²) in [5, 5.41) is 14.8. The number of benzene rings is 1. The molecule has 0 aliphatic rings. The second kappa shape index (κ2) is 8.56. The number of aromatic nitrogens is 1. The van der Waals surface area contributed by atoms with Gasteiger partial charge >= 0.3 is 5.97 Å². The fourth-order valence-corrected chi connectivity index (χ4v) is 3.09. The van der Waals surface area contributed by atoms with Gasteiger partial charge in [0.1, 0.15) is 0 Å². The molecule has 24 heavy (non-hydrogen) atoms. The molecular formula is C17H21N3O3S. The zero-order valence-electron chi connectivity index (χ0n) is 13.5. The minimum absolute atomic E-state index is 0.101. The van der Waals surface area contributed by atoms with Gasteiger partial charge in [-0.05, 0) is 37.1 Å². The van der Waals surface area contributed by atoms with E-state index in [4.69, 9.17) is 5.73 Å². The lowest BCUT2D eigenvalue weighted by Gasteiger charge is -2.09. The van der Waals surface area contributed by atoms with Gasteiger partial charge in [0.25, 0.3) is 0 Å². The van der Waals surface area contributed by atoms with E-state index in [9.17, 15) is 14.7 Å². The lowest BCUT2D eigenvalue weighted by molar-refractivity contribution is -0.115. The van der Waals surface area contributed by atoms with E-state index < -0.39 is 5.97 Å². The first-order chi connectivity index (χ1) is 11.5. The van der Waals surface area contributed by atoms with Crippen LogP contribution in [0.2, 0.25) is 0 Å². The number of nitrogens with two attached hydrogens (primary N) is 1. The van der Waals surface area contributed by atoms with Gasteiger partial charge in [-0.2, -0.15) is 0 Å². The predicted molar refractivity (Wildman–Crippen MR) is 94.6 cm³/mol. The molecule has 0 fully saturated rings. The second-order valence-corrected chi connectivity index (χ2v) is 6.33. The van der Waals surface area contributed by atoms with Crippen LogP contribution in [0.4, 0.5) is 5.69 Å². The summed E-state index contributed by atoms with van der Waals surface area (Å²) in [5.74, 6) is -1.34. The first kappa shape index (κ1) is 18.1. The van der Waals surface area contributed by atoms with Crippen molar-refractivity contribution >= 4 is 28.9 Å². The number of hydrogen-bond acceptors (Lipinski definition) is 5. The number of rotatable bonds is 8. The molecule has 7 heteroatoms. The standard InChI is InChI=1S/C17H21N3O3S/c1-2-11-5-6-14(13(8-11)17(22)23)20-15(21)9-12-10-24-16(19-12)4-3-7-18/h5-6,8,10H,2-4,7,9,18H2,1H3,(H,20,21)(H,22,23). The molecule has 0 unspecified atom stereocenters. The minimum Gasteiger partial charge on any atom is -0.478 e. The zero-order chi connectivity index (χ0) is 17.5. The van der Waals surface area contributed by atoms with E-state index in [1.807, 2.05) is 18.4 Å². The van der Waals surface area contributed by atoms with Crippen LogP contribution in [0.25, 0.3) is 0 Å². The number of hydrogen-bond donors (Lipinski definition) is 3. The normalized spacial score (nSPS) is 10.6. The molecule has 0 bridgehead atoms. The van der Waals surface area contributed by atoms with Crippen LogP contribution in [0.5, 0.6) is 0 Å². The number of anilines is 1. The van der Waals surface area contributed by atoms with E-state index in [1.165, 1.54) is 11.3 Å². The molecule has 1 amide bonds. The Morgan fingerprint density at radius 3 is 2.83 bits per heavy atom. The van der Waals surface area contributed by atoms with E-state index in [1.54, 1.807) is 12.1 Å². The number of carbonyl (C=O) groups is 2. The number of nitrogens with one attached hydrogen (secondary N) is 1. The third-order valence-electron chi connectivity index (χ3n) is 3.53. The van der Waals surface area contributed by atoms with Crippen molar-refractivity contribution in [3.63, 3.8) is 0 Å². The van der Waals surface area contributed by atoms with Gasteiger partial charge in [0.15, 0.2) is 0 Å². The Hall–Kier alpha value is -2.25. The summed E-state index contributed by atoms with van der Waals surface area (Å²) in [6.07, 6.45) is 2.53. The Kier molecular flexibility index (Phi) is 6.45. The van der Waals surface area contributed by atoms with Crippen LogP contribution < -0.4 is 11.1 Å². The lowest BCUT2D eigenvalue weighted by atomic mass is 10.1. The number of carboxylic acid groups (broad SMARTS) is 1. The number of aryl methyl sites for hydroxylation is 2. The molecule has 0 atom stereocenters. The third-order valence-corrected chi connectivity index (χ3v) is 4.49. The van der Waals surface area contributed by atoms with Gasteiger partial charge in [-0.1, -0.05) is 13.0 Å². The van der Waals surface area contributed by atoms with Crippen LogP contribution in [0.1, 0.15) is 40.0 Å². The topological polar surface area (TPSA) is 105 Å². The van der Waals surface area contributed by atoms with Crippen molar-refractivity contribution < 1.29 is 14.7 Å². The molecule has 0 saturated carbocycles. The van der Waals surface area contributed by atoms with Crippen LogP contribution in [0.3, 0.4) is 0 Å². The molecule has 4 N–H and O–H groups in total. The van der Waals surface area contributed by atoms with E-state index >= 15 is 0 Å². The summed E-state index contributed by atoms with van der Waals surface area (Å²) in [6, 6.07) is 5.04. The van der Waals surface area contributed by atoms with Crippen LogP contribution in [0.15, 0.2) is 23.6 Å². The van der Waals surface area contributed by atoms with Crippen molar-refractivity contribution in [1.29, 1.82) is 0 Å². The number of carboxylic acids is 1. The van der Waals surface area contributed by atoms with Gasteiger partial charge < -0.3 is 16.2 Å². The Morgan fingerprint density at radius 1 is 1.38 bits per heavy atom. The van der Waals surface area contributed by atoms with E-state index in [-0.39, 0.29) is 17.9 Å². The number of thiazole rings is 1. The van der Waals surface area contributed by atoms with Gasteiger partial charge in [0.05, 0.1) is 28.4 Å². The fourth-order valence-electron chi connectivity index (χ4n) is 2.25. The van der Waals surface area contributed by atoms with Gasteiger partial charge in [-0.3, -0.25) is 4.79 Å². The first-order valence-electron chi connectivity index (χ1n) is 7.83. The summed E-state index contributed by atoms with van der Waals surface area (Å²) in [4.78, 5) is 27.9. The van der Waals surface area contributed by atoms with E-state index in [0.717, 1.165) is 29.8 Å². The SMILES string of the molecule is CCc1ccc(NC(=O)Cc2csc(CCCN)n2)c(C(=O)O)c1. The molecule has 0 saturated heterocycles. The smallest absolute Gasteiger partial charge is 0.337 e. The van der Waals surface area contributed by atoms with E-state index in [0.29, 0.717) is 17.9 Å². The van der Waals surface area contributed by atoms with Crippen molar-refractivity contribution in [2.24, 2.45) is 5.73 Å². The fraction of sp³-hybridized carbons (Fsp3) is 0.353. The molecule has 6 nitrogen and oxygen atoms in total. The third kappa shape index (κ3) is 4.87. The maximum atomic E-state index is 12.2. The number of carbonyl (C=O) groups excluding carboxylic acids is 1. The van der Waals surface area contributed by atoms with Crippen molar-refractivity contribution in [3.8, 4) is 0 Å². The molecule has 1 aromatic heterocycles. The van der Waals surface area contributed by atoms with Gasteiger partial charge in [0.2, 0.25) is 5.91 Å². The maximum Gasteiger partial charge on any atom is 0.337 e. The quantitative estimate of drug-likeness (QED) is 0.680. The molecule has 0 radical (unpaired) electrons. The van der Waals surface area contributed by atoms with Crippen LogP contribution >= 0.6 is 11.3 Å². The lowest BCUT2D eigenvalue weighted by Crippen LogP contribution is -2.17. The summed E-state index contributed by atoms with van der Waals surface area (Å²) in [5.41, 5.74) is 7.48. The van der Waals surface area contributed by atoms with Crippen LogP contribution in [-0.4, -0.2) is 28.5 Å². The van der Waals surface area contributed by atoms with Crippen molar-refractivity contribution in [2.45, 2.75) is 32.6 Å². The van der Waals surface area contributed by atoms with E-state index in [2.05, 4.69) is 10.3 Å². The molecule has 0 spiro atoms. The van der Waals surface area contributed by atoms with Crippen molar-refractivity contribution in [2.75, 3.05) is 11.9 Å². The van der Waals surface area contributed by atoms with Crippen LogP contribution in [0, 0.1) is 0 Å². The Morgan fingerprint density at radius 2 is 2.17 bits per heavy atom. The molecule has 2 rings (SSSR count). The number of nitrogens with zero attached hydrogens (tertiary/aromatic N) is 1. The summed E-state index contributed by atoms with van der Waals surface area (Å²) >= 11 is 1.51. The van der Waals surface area contributed by atoms with Gasteiger partial charge in [-0.25, -0.2) is 9.78 Å². The van der Waals surface area contributed by atoms with Crippen molar-refractivity contribution in [1.82, 2.24) is 4.98 Å². The monoisotopic (exact) mass is 347 g/mol. The molecule has 1 heterocycles. The molecule has 2 aromatic rings. The molecule has 128 valence electrons. The predicted octanol–water partition coefficient (Wildman–Crippen LogP) is 2.48. The minimum atomic E-state index is -1.06. The summed E-state index contributed by atoms with van der Waals surface area (Å²) in [7, 11) is 0. The first-order valence-corrected chi connectivity index (χ1v) is 8.70. The molecule has 1 aromatic carbocycles. The van der Waals surface area contributed by atoms with Gasteiger partial charge in [0, 0.05) is 11.8 Å². The Bertz CT molecular complexity index is 728. The highest BCUT2D eigenvalue weighted by Crippen LogP contribution is 2.19. The Labute approximate surface area is 144 Å². The van der Waals surface area contributed by atoms with Crippen molar-refractivity contribution in [3.05, 3.63) is 45.4 Å². The maximum absolute atomic E-state index is 12.2. The highest BCUT2D eigenvalue weighted by atomic mass is 32.1. The molecule has 0 aliphatic heterocycles. The van der Waals surface area contributed by atoms with Gasteiger partial charge in [-0.15, -0.1) is 11.3 Å². The number of aromatic carboxylic acids is 1. The average molecular weight is 347 g/mol. The summed E-state index contributed by atoms with van der Waals surface area (Å²) < 4.78 is 0. The molecule has 0 aliphatic carbocycles. The summed E-state index contributed by atoms with van der Waals surface area (Å²) in [6.45, 7) is 2.56. The highest BCUT2D eigenvalue weighted by molar-refractivity contribution is 7.09. The number of amides is 1. The second-order valence-electron chi connectivity index (χ2n) is 5.39. The average Bonchev–Trinajstić information content (AvgIpc) is 3.00.